The van der Waals surface area contributed by atoms with Crippen molar-refractivity contribution in [1.82, 2.24) is 0 Å². The number of carbonyl (C=O) groups is 3. The summed E-state index contributed by atoms with van der Waals surface area (Å²) in [6.07, 6.45) is 66.7. The van der Waals surface area contributed by atoms with Gasteiger partial charge >= 0.3 is 17.9 Å². The molecule has 0 heterocycles. The number of hydrogen-bond donors (Lipinski definition) is 0. The Hall–Kier alpha value is -1.59. The minimum absolute atomic E-state index is 0.0621. The zero-order chi connectivity index (χ0) is 54.8. The van der Waals surface area contributed by atoms with Gasteiger partial charge in [-0.2, -0.15) is 0 Å². The van der Waals surface area contributed by atoms with E-state index in [1.54, 1.807) is 0 Å². The predicted molar refractivity (Wildman–Crippen MR) is 326 cm³/mol. The standard InChI is InChI=1S/C69H134O6/c1-7-64(5)56-50-44-38-32-26-20-13-11-9-10-12-14-24-30-36-42-48-54-60-69(72)75-66(61-73-67(70)58-52-46-40-34-28-22-17-15-19-25-31-37-43-49-55-63(3)4)62-74-68(71)59-53-47-41-35-29-23-18-16-21-27-33-39-45-51-57-65(6)8-2/h63-66H,7-62H2,1-6H3/t64?,65?,66-/m0/s1. The van der Waals surface area contributed by atoms with E-state index >= 15 is 0 Å². The molecule has 0 aliphatic carbocycles. The van der Waals surface area contributed by atoms with Crippen molar-refractivity contribution >= 4 is 17.9 Å². The van der Waals surface area contributed by atoms with Crippen LogP contribution in [0.3, 0.4) is 0 Å². The summed E-state index contributed by atoms with van der Waals surface area (Å²) in [7, 11) is 0. The first-order valence-electron chi connectivity index (χ1n) is 34.2. The van der Waals surface area contributed by atoms with Crippen LogP contribution in [0.15, 0.2) is 0 Å². The highest BCUT2D eigenvalue weighted by Gasteiger charge is 2.20. The van der Waals surface area contributed by atoms with Crippen LogP contribution in [0.4, 0.5) is 0 Å². The van der Waals surface area contributed by atoms with E-state index < -0.39 is 6.10 Å². The van der Waals surface area contributed by atoms with Crippen molar-refractivity contribution in [3.63, 3.8) is 0 Å². The van der Waals surface area contributed by atoms with Gasteiger partial charge < -0.3 is 14.2 Å². The SMILES string of the molecule is CCC(C)CCCCCCCCCCCCCCCCCCCCC(=O)O[C@@H](COC(=O)CCCCCCCCCCCCCCCCC(C)C)COC(=O)CCCCCCCCCCCCCCCCC(C)CC. The highest BCUT2D eigenvalue weighted by molar-refractivity contribution is 5.71. The molecule has 0 aliphatic heterocycles. The number of hydrogen-bond acceptors (Lipinski definition) is 6. The van der Waals surface area contributed by atoms with Crippen LogP contribution in [0.5, 0.6) is 0 Å². The zero-order valence-electron chi connectivity index (χ0n) is 51.9. The van der Waals surface area contributed by atoms with E-state index in [4.69, 9.17) is 14.2 Å². The Bertz CT molecular complexity index is 1170. The molecule has 0 fully saturated rings. The summed E-state index contributed by atoms with van der Waals surface area (Å²) in [6, 6.07) is 0. The third-order valence-electron chi connectivity index (χ3n) is 16.6. The molecule has 0 saturated carbocycles. The van der Waals surface area contributed by atoms with Gasteiger partial charge in [-0.05, 0) is 37.0 Å². The lowest BCUT2D eigenvalue weighted by atomic mass is 9.99. The van der Waals surface area contributed by atoms with E-state index in [2.05, 4.69) is 41.5 Å². The maximum atomic E-state index is 12.9. The maximum absolute atomic E-state index is 12.9. The molecule has 0 amide bonds. The molecule has 75 heavy (non-hydrogen) atoms. The fourth-order valence-electron chi connectivity index (χ4n) is 10.7. The Balaban J connectivity index is 4.29. The van der Waals surface area contributed by atoms with Crippen molar-refractivity contribution in [3.05, 3.63) is 0 Å². The third-order valence-corrected chi connectivity index (χ3v) is 16.6. The van der Waals surface area contributed by atoms with Crippen molar-refractivity contribution < 1.29 is 28.6 Å². The molecule has 0 aromatic heterocycles. The Labute approximate surface area is 469 Å². The van der Waals surface area contributed by atoms with Gasteiger partial charge in [0.1, 0.15) is 13.2 Å². The number of esters is 3. The van der Waals surface area contributed by atoms with Crippen molar-refractivity contribution in [2.45, 2.75) is 394 Å². The molecular weight excluding hydrogens is 925 g/mol. The summed E-state index contributed by atoms with van der Waals surface area (Å²) in [5.41, 5.74) is 0. The van der Waals surface area contributed by atoms with E-state index in [0.29, 0.717) is 19.3 Å². The molecule has 0 spiro atoms. The Morgan fingerprint density at radius 1 is 0.267 bits per heavy atom. The van der Waals surface area contributed by atoms with Gasteiger partial charge in [0, 0.05) is 19.3 Å². The number of ether oxygens (including phenoxy) is 3. The molecule has 0 aromatic rings. The van der Waals surface area contributed by atoms with Gasteiger partial charge in [0.25, 0.3) is 0 Å². The number of carbonyl (C=O) groups excluding carboxylic acids is 3. The molecule has 0 aliphatic rings. The normalized spacial score (nSPS) is 12.8. The molecule has 0 rings (SSSR count). The molecule has 0 radical (unpaired) electrons. The van der Waals surface area contributed by atoms with E-state index in [0.717, 1.165) is 75.5 Å². The highest BCUT2D eigenvalue weighted by atomic mass is 16.6. The first-order chi connectivity index (χ1) is 36.7. The summed E-state index contributed by atoms with van der Waals surface area (Å²) in [6.45, 7) is 13.9. The Kier molecular flexibility index (Phi) is 58.8. The van der Waals surface area contributed by atoms with Crippen LogP contribution >= 0.6 is 0 Å². The van der Waals surface area contributed by atoms with Gasteiger partial charge in [0.15, 0.2) is 6.10 Å². The summed E-state index contributed by atoms with van der Waals surface area (Å²) >= 11 is 0. The second kappa shape index (κ2) is 60.1. The summed E-state index contributed by atoms with van der Waals surface area (Å²) < 4.78 is 17.0. The van der Waals surface area contributed by atoms with Gasteiger partial charge in [0.05, 0.1) is 0 Å². The molecule has 0 aromatic carbocycles. The van der Waals surface area contributed by atoms with Crippen molar-refractivity contribution in [3.8, 4) is 0 Å². The molecule has 0 saturated heterocycles. The minimum Gasteiger partial charge on any atom is -0.462 e. The summed E-state index contributed by atoms with van der Waals surface area (Å²) in [5.74, 6) is 1.82. The third kappa shape index (κ3) is 59.9. The largest absolute Gasteiger partial charge is 0.462 e. The fraction of sp³-hybridized carbons (Fsp3) is 0.957. The monoisotopic (exact) mass is 1060 g/mol. The molecular formula is C69H134O6. The van der Waals surface area contributed by atoms with Crippen LogP contribution in [-0.4, -0.2) is 37.2 Å². The van der Waals surface area contributed by atoms with Crippen LogP contribution in [0.25, 0.3) is 0 Å². The van der Waals surface area contributed by atoms with Gasteiger partial charge in [-0.3, -0.25) is 14.4 Å². The second-order valence-electron chi connectivity index (χ2n) is 24.8. The average molecular weight is 1060 g/mol. The molecule has 0 N–H and O–H groups in total. The molecule has 0 bridgehead atoms. The number of unbranched alkanes of at least 4 members (excludes halogenated alkanes) is 43. The Morgan fingerprint density at radius 3 is 0.693 bits per heavy atom. The number of rotatable bonds is 62. The zero-order valence-corrected chi connectivity index (χ0v) is 51.9. The molecule has 2 unspecified atom stereocenters. The molecule has 446 valence electrons. The molecule has 6 nitrogen and oxygen atoms in total. The second-order valence-corrected chi connectivity index (χ2v) is 24.8. The van der Waals surface area contributed by atoms with Crippen molar-refractivity contribution in [2.75, 3.05) is 13.2 Å². The van der Waals surface area contributed by atoms with Crippen molar-refractivity contribution in [2.24, 2.45) is 17.8 Å². The fourth-order valence-corrected chi connectivity index (χ4v) is 10.7. The maximum Gasteiger partial charge on any atom is 0.306 e. The van der Waals surface area contributed by atoms with Gasteiger partial charge in [-0.1, -0.05) is 350 Å². The van der Waals surface area contributed by atoms with Crippen molar-refractivity contribution in [1.29, 1.82) is 0 Å². The Morgan fingerprint density at radius 2 is 0.467 bits per heavy atom. The lowest BCUT2D eigenvalue weighted by Gasteiger charge is -2.18. The summed E-state index contributed by atoms with van der Waals surface area (Å²) in [5, 5.41) is 0. The van der Waals surface area contributed by atoms with Crippen LogP contribution in [0.2, 0.25) is 0 Å². The van der Waals surface area contributed by atoms with Gasteiger partial charge in [0.2, 0.25) is 0 Å². The first kappa shape index (κ1) is 73.4. The molecule has 6 heteroatoms. The average Bonchev–Trinajstić information content (AvgIpc) is 3.40. The minimum atomic E-state index is -0.765. The lowest BCUT2D eigenvalue weighted by Crippen LogP contribution is -2.30. The van der Waals surface area contributed by atoms with E-state index in [1.807, 2.05) is 0 Å². The van der Waals surface area contributed by atoms with E-state index in [1.165, 1.54) is 270 Å². The van der Waals surface area contributed by atoms with Crippen LogP contribution in [0, 0.1) is 17.8 Å². The van der Waals surface area contributed by atoms with Gasteiger partial charge in [-0.15, -0.1) is 0 Å². The topological polar surface area (TPSA) is 78.9 Å². The highest BCUT2D eigenvalue weighted by Crippen LogP contribution is 2.20. The molecule has 3 atom stereocenters. The summed E-state index contributed by atoms with van der Waals surface area (Å²) in [4.78, 5) is 38.4. The van der Waals surface area contributed by atoms with E-state index in [9.17, 15) is 14.4 Å². The quantitative estimate of drug-likeness (QED) is 0.0343. The van der Waals surface area contributed by atoms with Crippen LogP contribution in [-0.2, 0) is 28.6 Å². The van der Waals surface area contributed by atoms with Gasteiger partial charge in [-0.25, -0.2) is 0 Å². The first-order valence-corrected chi connectivity index (χ1v) is 34.2. The smallest absolute Gasteiger partial charge is 0.306 e. The van der Waals surface area contributed by atoms with E-state index in [-0.39, 0.29) is 31.1 Å². The predicted octanol–water partition coefficient (Wildman–Crippen LogP) is 23.0. The lowest BCUT2D eigenvalue weighted by molar-refractivity contribution is -0.167. The van der Waals surface area contributed by atoms with Crippen LogP contribution < -0.4 is 0 Å². The van der Waals surface area contributed by atoms with Crippen LogP contribution in [0.1, 0.15) is 388 Å².